The van der Waals surface area contributed by atoms with Crippen LogP contribution in [-0.2, 0) is 10.0 Å². The number of amides is 1. The number of rotatable bonds is 4. The average Bonchev–Trinajstić information content (AvgIpc) is 2.20. The number of benzene rings is 1. The maximum Gasteiger partial charge on any atom is 0.254 e. The highest BCUT2D eigenvalue weighted by Gasteiger charge is 2.13. The zero-order valence-electron chi connectivity index (χ0n) is 8.61. The van der Waals surface area contributed by atoms with Crippen LogP contribution in [0.3, 0.4) is 0 Å². The summed E-state index contributed by atoms with van der Waals surface area (Å²) in [7, 11) is -3.64. The molecule has 0 atom stereocenters. The minimum Gasteiger partial charge on any atom is -0.351 e. The highest BCUT2D eigenvalue weighted by Crippen LogP contribution is 2.18. The molecular formula is C9H10BrFN2O3S. The van der Waals surface area contributed by atoms with Crippen molar-refractivity contribution in [1.82, 2.24) is 5.32 Å². The van der Waals surface area contributed by atoms with Gasteiger partial charge in [-0.15, -0.1) is 0 Å². The third-order valence-corrected chi connectivity index (χ3v) is 3.25. The molecule has 0 radical (unpaired) electrons. The van der Waals surface area contributed by atoms with Gasteiger partial charge in [-0.2, -0.15) is 0 Å². The fraction of sp³-hybridized carbons (Fsp3) is 0.222. The SMILES string of the molecule is NS(=O)(=O)CCNC(=O)c1cccc(Br)c1F. The molecule has 0 saturated carbocycles. The third-order valence-electron chi connectivity index (χ3n) is 1.87. The number of halogens is 2. The van der Waals surface area contributed by atoms with Crippen molar-refractivity contribution in [1.29, 1.82) is 0 Å². The molecule has 1 aromatic carbocycles. The summed E-state index contributed by atoms with van der Waals surface area (Å²) in [6, 6.07) is 4.25. The number of hydrogen-bond acceptors (Lipinski definition) is 3. The van der Waals surface area contributed by atoms with E-state index in [0.29, 0.717) is 0 Å². The molecule has 3 N–H and O–H groups in total. The molecule has 0 aliphatic heterocycles. The molecule has 1 amide bonds. The standard InChI is InChI=1S/C9H10BrFN2O3S/c10-7-3-1-2-6(8(7)11)9(14)13-4-5-17(12,15)16/h1-3H,4-5H2,(H,13,14)(H2,12,15,16). The Kier molecular flexibility index (Phi) is 4.61. The van der Waals surface area contributed by atoms with Crippen molar-refractivity contribution in [2.45, 2.75) is 0 Å². The van der Waals surface area contributed by atoms with Crippen LogP contribution < -0.4 is 10.5 Å². The molecule has 8 heteroatoms. The first-order chi connectivity index (χ1) is 7.81. The zero-order valence-corrected chi connectivity index (χ0v) is 11.0. The highest BCUT2D eigenvalue weighted by atomic mass is 79.9. The number of carbonyl (C=O) groups is 1. The molecule has 94 valence electrons. The Hall–Kier alpha value is -0.990. The molecule has 17 heavy (non-hydrogen) atoms. The first kappa shape index (κ1) is 14.1. The van der Waals surface area contributed by atoms with Crippen LogP contribution in [0.5, 0.6) is 0 Å². The molecule has 0 saturated heterocycles. The van der Waals surface area contributed by atoms with Gasteiger partial charge in [0.05, 0.1) is 15.8 Å². The van der Waals surface area contributed by atoms with Crippen molar-refractivity contribution in [3.05, 3.63) is 34.1 Å². The highest BCUT2D eigenvalue weighted by molar-refractivity contribution is 9.10. The average molecular weight is 325 g/mol. The van der Waals surface area contributed by atoms with E-state index in [2.05, 4.69) is 21.2 Å². The number of nitrogens with two attached hydrogens (primary N) is 1. The molecule has 0 fully saturated rings. The third kappa shape index (κ3) is 4.41. The van der Waals surface area contributed by atoms with Gasteiger partial charge < -0.3 is 5.32 Å². The lowest BCUT2D eigenvalue weighted by Gasteiger charge is -2.06. The summed E-state index contributed by atoms with van der Waals surface area (Å²) >= 11 is 2.94. The quantitative estimate of drug-likeness (QED) is 0.850. The predicted molar refractivity (Wildman–Crippen MR) is 64.4 cm³/mol. The Balaban J connectivity index is 2.68. The van der Waals surface area contributed by atoms with Crippen molar-refractivity contribution >= 4 is 31.9 Å². The van der Waals surface area contributed by atoms with E-state index < -0.39 is 27.5 Å². The lowest BCUT2D eigenvalue weighted by atomic mass is 10.2. The fourth-order valence-corrected chi connectivity index (χ4v) is 1.83. The van der Waals surface area contributed by atoms with Crippen LogP contribution in [0.4, 0.5) is 4.39 Å². The van der Waals surface area contributed by atoms with E-state index in [9.17, 15) is 17.6 Å². The normalized spacial score (nSPS) is 11.2. The van der Waals surface area contributed by atoms with Crippen LogP contribution in [0.1, 0.15) is 10.4 Å². The van der Waals surface area contributed by atoms with Crippen molar-refractivity contribution in [3.63, 3.8) is 0 Å². The Morgan fingerprint density at radius 1 is 1.47 bits per heavy atom. The maximum atomic E-state index is 13.5. The van der Waals surface area contributed by atoms with Crippen molar-refractivity contribution < 1.29 is 17.6 Å². The molecule has 0 aliphatic carbocycles. The van der Waals surface area contributed by atoms with Gasteiger partial charge in [-0.1, -0.05) is 6.07 Å². The van der Waals surface area contributed by atoms with Gasteiger partial charge in [0.1, 0.15) is 5.82 Å². The molecule has 1 rings (SSSR count). The van der Waals surface area contributed by atoms with E-state index in [1.165, 1.54) is 18.2 Å². The lowest BCUT2D eigenvalue weighted by molar-refractivity contribution is 0.0952. The smallest absolute Gasteiger partial charge is 0.254 e. The second-order valence-corrected chi connectivity index (χ2v) is 5.81. The fourth-order valence-electron chi connectivity index (χ4n) is 1.08. The first-order valence-electron chi connectivity index (χ1n) is 4.54. The van der Waals surface area contributed by atoms with E-state index in [1.54, 1.807) is 0 Å². The summed E-state index contributed by atoms with van der Waals surface area (Å²) in [6.07, 6.45) is 0. The van der Waals surface area contributed by atoms with Gasteiger partial charge in [-0.05, 0) is 28.1 Å². The van der Waals surface area contributed by atoms with Gasteiger partial charge in [-0.25, -0.2) is 17.9 Å². The van der Waals surface area contributed by atoms with Crippen LogP contribution in [-0.4, -0.2) is 26.6 Å². The first-order valence-corrected chi connectivity index (χ1v) is 7.05. The minimum absolute atomic E-state index is 0.159. The van der Waals surface area contributed by atoms with Gasteiger partial charge >= 0.3 is 0 Å². The number of carbonyl (C=O) groups excluding carboxylic acids is 1. The lowest BCUT2D eigenvalue weighted by Crippen LogP contribution is -2.31. The van der Waals surface area contributed by atoms with Gasteiger partial charge in [0.25, 0.3) is 5.91 Å². The van der Waals surface area contributed by atoms with Crippen molar-refractivity contribution in [3.8, 4) is 0 Å². The topological polar surface area (TPSA) is 89.3 Å². The van der Waals surface area contributed by atoms with Crippen LogP contribution >= 0.6 is 15.9 Å². The van der Waals surface area contributed by atoms with Gasteiger partial charge in [-0.3, -0.25) is 4.79 Å². The Morgan fingerprint density at radius 2 is 2.12 bits per heavy atom. The van der Waals surface area contributed by atoms with Crippen LogP contribution in [0.2, 0.25) is 0 Å². The number of nitrogens with one attached hydrogen (secondary N) is 1. The Labute approximate surface area is 106 Å². The van der Waals surface area contributed by atoms with Gasteiger partial charge in [0, 0.05) is 6.54 Å². The van der Waals surface area contributed by atoms with E-state index in [4.69, 9.17) is 5.14 Å². The zero-order chi connectivity index (χ0) is 13.1. The van der Waals surface area contributed by atoms with Crippen LogP contribution in [0.15, 0.2) is 22.7 Å². The minimum atomic E-state index is -3.64. The van der Waals surface area contributed by atoms with Crippen molar-refractivity contribution in [2.24, 2.45) is 5.14 Å². The second kappa shape index (κ2) is 5.56. The number of sulfonamides is 1. The number of hydrogen-bond donors (Lipinski definition) is 2. The van der Waals surface area contributed by atoms with E-state index in [-0.39, 0.29) is 16.6 Å². The predicted octanol–water partition coefficient (Wildman–Crippen LogP) is 0.607. The van der Waals surface area contributed by atoms with E-state index in [1.807, 2.05) is 0 Å². The van der Waals surface area contributed by atoms with Gasteiger partial charge in [0.2, 0.25) is 10.0 Å². The summed E-state index contributed by atoms with van der Waals surface area (Å²) in [6.45, 7) is -0.163. The van der Waals surface area contributed by atoms with Crippen LogP contribution in [0, 0.1) is 5.82 Å². The van der Waals surface area contributed by atoms with E-state index in [0.717, 1.165) is 0 Å². The Bertz CT molecular complexity index is 533. The largest absolute Gasteiger partial charge is 0.351 e. The molecule has 0 unspecified atom stereocenters. The van der Waals surface area contributed by atoms with Crippen LogP contribution in [0.25, 0.3) is 0 Å². The molecule has 0 bridgehead atoms. The molecule has 0 spiro atoms. The van der Waals surface area contributed by atoms with E-state index >= 15 is 0 Å². The Morgan fingerprint density at radius 3 is 2.71 bits per heavy atom. The van der Waals surface area contributed by atoms with Gasteiger partial charge in [0.15, 0.2) is 0 Å². The summed E-state index contributed by atoms with van der Waals surface area (Å²) < 4.78 is 34.9. The molecule has 1 aromatic rings. The molecule has 0 aliphatic rings. The second-order valence-electron chi connectivity index (χ2n) is 3.22. The molecule has 0 aromatic heterocycles. The molecular weight excluding hydrogens is 315 g/mol. The summed E-state index contributed by atoms with van der Waals surface area (Å²) in [4.78, 5) is 11.5. The molecule has 0 heterocycles. The monoisotopic (exact) mass is 324 g/mol. The van der Waals surface area contributed by atoms with Crippen molar-refractivity contribution in [2.75, 3.05) is 12.3 Å². The summed E-state index contributed by atoms with van der Waals surface area (Å²) in [5.74, 6) is -1.78. The number of primary sulfonamides is 1. The molecule has 5 nitrogen and oxygen atoms in total. The summed E-state index contributed by atoms with van der Waals surface area (Å²) in [5, 5.41) is 7.02. The maximum absolute atomic E-state index is 13.5. The summed E-state index contributed by atoms with van der Waals surface area (Å²) in [5.41, 5.74) is -0.159.